The highest BCUT2D eigenvalue weighted by molar-refractivity contribution is 7.13. The fourth-order valence-electron chi connectivity index (χ4n) is 1.14. The van der Waals surface area contributed by atoms with Crippen LogP contribution in [0.15, 0.2) is 12.1 Å². The first-order valence-electron chi connectivity index (χ1n) is 4.59. The molecule has 0 aliphatic heterocycles. The molecule has 1 rings (SSSR count). The van der Waals surface area contributed by atoms with Crippen molar-refractivity contribution in [3.05, 3.63) is 21.9 Å². The van der Waals surface area contributed by atoms with Gasteiger partial charge < -0.3 is 10.1 Å². The molecule has 0 saturated heterocycles. The van der Waals surface area contributed by atoms with E-state index >= 15 is 0 Å². The van der Waals surface area contributed by atoms with E-state index in [9.17, 15) is 4.79 Å². The molecule has 0 fully saturated rings. The van der Waals surface area contributed by atoms with Gasteiger partial charge in [0.25, 0.3) is 5.91 Å². The minimum absolute atomic E-state index is 0.0872. The average Bonchev–Trinajstić information content (AvgIpc) is 2.64. The Bertz CT molecular complexity index is 327. The summed E-state index contributed by atoms with van der Waals surface area (Å²) < 4.78 is 4.94. The second-order valence-corrected chi connectivity index (χ2v) is 4.79. The Morgan fingerprint density at radius 2 is 2.40 bits per heavy atom. The van der Waals surface area contributed by atoms with E-state index < -0.39 is 0 Å². The summed E-state index contributed by atoms with van der Waals surface area (Å²) >= 11 is 7.16. The topological polar surface area (TPSA) is 38.3 Å². The summed E-state index contributed by atoms with van der Waals surface area (Å²) in [5, 5.41) is 2.81. The van der Waals surface area contributed by atoms with Gasteiger partial charge in [0.15, 0.2) is 0 Å². The number of carbonyl (C=O) groups is 1. The first-order valence-corrected chi connectivity index (χ1v) is 5.94. The maximum absolute atomic E-state index is 11.7. The third-order valence-electron chi connectivity index (χ3n) is 1.85. The highest BCUT2D eigenvalue weighted by Gasteiger charge is 2.13. The summed E-state index contributed by atoms with van der Waals surface area (Å²) in [6, 6.07) is 3.60. The van der Waals surface area contributed by atoms with Gasteiger partial charge >= 0.3 is 0 Å². The number of ether oxygens (including phenoxy) is 1. The average molecular weight is 248 g/mol. The van der Waals surface area contributed by atoms with Crippen LogP contribution in [0.4, 0.5) is 0 Å². The number of carbonyl (C=O) groups excluding carboxylic acids is 1. The van der Waals surface area contributed by atoms with Gasteiger partial charge in [-0.15, -0.1) is 22.9 Å². The molecule has 15 heavy (non-hydrogen) atoms. The third-order valence-corrected chi connectivity index (χ3v) is 3.23. The fourth-order valence-corrected chi connectivity index (χ4v) is 2.08. The standard InChI is InChI=1S/C10H14ClNO2S/c1-7-3-4-9(15-7)10(13)12-8(5-11)6-14-2/h3-4,8H,5-6H2,1-2H3,(H,12,13). The summed E-state index contributed by atoms with van der Waals surface area (Å²) in [7, 11) is 1.58. The molecule has 0 bridgehead atoms. The van der Waals surface area contributed by atoms with Crippen molar-refractivity contribution in [3.8, 4) is 0 Å². The van der Waals surface area contributed by atoms with Crippen molar-refractivity contribution in [2.75, 3.05) is 19.6 Å². The van der Waals surface area contributed by atoms with Gasteiger partial charge in [-0.1, -0.05) is 0 Å². The van der Waals surface area contributed by atoms with E-state index in [-0.39, 0.29) is 11.9 Å². The van der Waals surface area contributed by atoms with Crippen LogP contribution < -0.4 is 5.32 Å². The number of hydrogen-bond donors (Lipinski definition) is 1. The van der Waals surface area contributed by atoms with Crippen molar-refractivity contribution >= 4 is 28.8 Å². The van der Waals surface area contributed by atoms with Gasteiger partial charge in [-0.25, -0.2) is 0 Å². The van der Waals surface area contributed by atoms with E-state index in [1.165, 1.54) is 11.3 Å². The van der Waals surface area contributed by atoms with E-state index in [0.29, 0.717) is 17.4 Å². The van der Waals surface area contributed by atoms with Crippen molar-refractivity contribution in [1.82, 2.24) is 5.32 Å². The molecule has 1 atom stereocenters. The molecule has 0 saturated carbocycles. The molecular formula is C10H14ClNO2S. The normalized spacial score (nSPS) is 12.5. The van der Waals surface area contributed by atoms with E-state index in [1.54, 1.807) is 7.11 Å². The number of methoxy groups -OCH3 is 1. The largest absolute Gasteiger partial charge is 0.383 e. The molecule has 1 N–H and O–H groups in total. The molecule has 1 heterocycles. The van der Waals surface area contributed by atoms with Crippen LogP contribution in [0.1, 0.15) is 14.5 Å². The van der Waals surface area contributed by atoms with Crippen LogP contribution in [0.2, 0.25) is 0 Å². The van der Waals surface area contributed by atoms with Crippen LogP contribution in [0.3, 0.4) is 0 Å². The van der Waals surface area contributed by atoms with Crippen molar-refractivity contribution in [1.29, 1.82) is 0 Å². The monoisotopic (exact) mass is 247 g/mol. The van der Waals surface area contributed by atoms with E-state index in [2.05, 4.69) is 5.32 Å². The van der Waals surface area contributed by atoms with Crippen LogP contribution in [-0.2, 0) is 4.74 Å². The molecule has 0 spiro atoms. The lowest BCUT2D eigenvalue weighted by Gasteiger charge is -2.13. The summed E-state index contributed by atoms with van der Waals surface area (Å²) in [5.41, 5.74) is 0. The molecule has 1 aromatic heterocycles. The predicted octanol–water partition coefficient (Wildman–Crippen LogP) is 2.04. The molecule has 0 aliphatic rings. The Morgan fingerprint density at radius 3 is 2.87 bits per heavy atom. The molecule has 1 amide bonds. The molecule has 84 valence electrons. The number of halogens is 1. The molecule has 1 unspecified atom stereocenters. The minimum atomic E-state index is -0.133. The molecule has 1 aromatic rings. The molecular weight excluding hydrogens is 234 g/mol. The number of rotatable bonds is 5. The second kappa shape index (κ2) is 6.10. The Kier molecular flexibility index (Phi) is 5.08. The summed E-state index contributed by atoms with van der Waals surface area (Å²) in [6.45, 7) is 2.40. The van der Waals surface area contributed by atoms with E-state index in [0.717, 1.165) is 4.88 Å². The van der Waals surface area contributed by atoms with Gasteiger partial charge in [0.05, 0.1) is 17.5 Å². The quantitative estimate of drug-likeness (QED) is 0.809. The van der Waals surface area contributed by atoms with Crippen LogP contribution in [-0.4, -0.2) is 31.5 Å². The zero-order chi connectivity index (χ0) is 11.3. The highest BCUT2D eigenvalue weighted by atomic mass is 35.5. The second-order valence-electron chi connectivity index (χ2n) is 3.19. The highest BCUT2D eigenvalue weighted by Crippen LogP contribution is 2.14. The van der Waals surface area contributed by atoms with Crippen LogP contribution >= 0.6 is 22.9 Å². The molecule has 0 radical (unpaired) electrons. The SMILES string of the molecule is COCC(CCl)NC(=O)c1ccc(C)s1. The Morgan fingerprint density at radius 1 is 1.67 bits per heavy atom. The molecule has 3 nitrogen and oxygen atoms in total. The van der Waals surface area contributed by atoms with Crippen molar-refractivity contribution in [2.24, 2.45) is 0 Å². The van der Waals surface area contributed by atoms with Crippen molar-refractivity contribution in [2.45, 2.75) is 13.0 Å². The zero-order valence-electron chi connectivity index (χ0n) is 8.75. The first-order chi connectivity index (χ1) is 7.17. The number of thiophene rings is 1. The number of amides is 1. The predicted molar refractivity (Wildman–Crippen MR) is 62.9 cm³/mol. The first kappa shape index (κ1) is 12.5. The minimum Gasteiger partial charge on any atom is -0.383 e. The summed E-state index contributed by atoms with van der Waals surface area (Å²) in [5.74, 6) is 0.264. The number of aryl methyl sites for hydroxylation is 1. The maximum Gasteiger partial charge on any atom is 0.261 e. The van der Waals surface area contributed by atoms with E-state index in [4.69, 9.17) is 16.3 Å². The lowest BCUT2D eigenvalue weighted by Crippen LogP contribution is -2.39. The maximum atomic E-state index is 11.7. The zero-order valence-corrected chi connectivity index (χ0v) is 10.3. The van der Waals surface area contributed by atoms with Crippen molar-refractivity contribution < 1.29 is 9.53 Å². The number of alkyl halides is 1. The summed E-state index contributed by atoms with van der Waals surface area (Å²) in [4.78, 5) is 13.5. The van der Waals surface area contributed by atoms with Crippen molar-refractivity contribution in [3.63, 3.8) is 0 Å². The van der Waals surface area contributed by atoms with E-state index in [1.807, 2.05) is 19.1 Å². The number of nitrogens with one attached hydrogen (secondary N) is 1. The lowest BCUT2D eigenvalue weighted by atomic mass is 10.3. The summed E-state index contributed by atoms with van der Waals surface area (Å²) in [6.07, 6.45) is 0. The smallest absolute Gasteiger partial charge is 0.261 e. The van der Waals surface area contributed by atoms with Gasteiger partial charge in [-0.3, -0.25) is 4.79 Å². The van der Waals surface area contributed by atoms with Crippen LogP contribution in [0.5, 0.6) is 0 Å². The molecule has 5 heteroatoms. The fraction of sp³-hybridized carbons (Fsp3) is 0.500. The van der Waals surface area contributed by atoms with Gasteiger partial charge in [0.1, 0.15) is 0 Å². The van der Waals surface area contributed by atoms with Gasteiger partial charge in [0.2, 0.25) is 0 Å². The van der Waals surface area contributed by atoms with Crippen LogP contribution in [0.25, 0.3) is 0 Å². The van der Waals surface area contributed by atoms with Gasteiger partial charge in [0, 0.05) is 17.9 Å². The lowest BCUT2D eigenvalue weighted by molar-refractivity contribution is 0.0911. The van der Waals surface area contributed by atoms with Crippen LogP contribution in [0, 0.1) is 6.92 Å². The Labute approximate surface area is 98.4 Å². The molecule has 0 aliphatic carbocycles. The van der Waals surface area contributed by atoms with Gasteiger partial charge in [-0.2, -0.15) is 0 Å². The molecule has 0 aromatic carbocycles. The Balaban J connectivity index is 2.54. The van der Waals surface area contributed by atoms with Gasteiger partial charge in [-0.05, 0) is 19.1 Å². The third kappa shape index (κ3) is 3.81. The number of hydrogen-bond acceptors (Lipinski definition) is 3. The Hall–Kier alpha value is -0.580.